The second-order valence-electron chi connectivity index (χ2n) is 3.83. The van der Waals surface area contributed by atoms with Crippen molar-refractivity contribution in [3.05, 3.63) is 35.5 Å². The fourth-order valence-corrected chi connectivity index (χ4v) is 1.93. The van der Waals surface area contributed by atoms with E-state index in [-0.39, 0.29) is 0 Å². The lowest BCUT2D eigenvalue weighted by Gasteiger charge is -2.14. The zero-order chi connectivity index (χ0) is 10.4. The molecule has 0 fully saturated rings. The van der Waals surface area contributed by atoms with Gasteiger partial charge in [0, 0.05) is 0 Å². The Morgan fingerprint density at radius 3 is 1.79 bits per heavy atom. The van der Waals surface area contributed by atoms with Gasteiger partial charge in [0.05, 0.1) is 0 Å². The van der Waals surface area contributed by atoms with Gasteiger partial charge in [0.2, 0.25) is 0 Å². The summed E-state index contributed by atoms with van der Waals surface area (Å²) in [5.74, 6) is 0.621. The smallest absolute Gasteiger partial charge is 0.00754 e. The number of allylic oxidation sites excluding steroid dienone is 6. The topological polar surface area (TPSA) is 0 Å². The molecule has 0 aliphatic heterocycles. The van der Waals surface area contributed by atoms with Gasteiger partial charge in [0.25, 0.3) is 0 Å². The van der Waals surface area contributed by atoms with E-state index in [1.165, 1.54) is 25.7 Å². The quantitative estimate of drug-likeness (QED) is 0.522. The zero-order valence-electron chi connectivity index (χ0n) is 9.72. The van der Waals surface area contributed by atoms with Crippen LogP contribution in [-0.2, 0) is 0 Å². The molecule has 0 saturated carbocycles. The third-order valence-electron chi connectivity index (χ3n) is 2.76. The molecule has 2 aliphatic carbocycles. The third-order valence-corrected chi connectivity index (χ3v) is 2.76. The van der Waals surface area contributed by atoms with E-state index in [2.05, 4.69) is 31.2 Å². The van der Waals surface area contributed by atoms with Crippen molar-refractivity contribution < 1.29 is 0 Å². The predicted octanol–water partition coefficient (Wildman–Crippen LogP) is 4.65. The summed E-state index contributed by atoms with van der Waals surface area (Å²) < 4.78 is 0. The highest BCUT2D eigenvalue weighted by atomic mass is 14.2. The summed E-state index contributed by atoms with van der Waals surface area (Å²) in [4.78, 5) is 0. The Bertz CT molecular complexity index is 227. The van der Waals surface area contributed by atoms with Gasteiger partial charge in [-0.2, -0.15) is 0 Å². The normalized spacial score (nSPS) is 21.1. The Labute approximate surface area is 88.4 Å². The van der Waals surface area contributed by atoms with Crippen LogP contribution in [0.5, 0.6) is 0 Å². The Balaban J connectivity index is 0.000000461. The van der Waals surface area contributed by atoms with Gasteiger partial charge in [-0.15, -0.1) is 0 Å². The van der Waals surface area contributed by atoms with Crippen LogP contribution in [0.1, 0.15) is 46.5 Å². The first-order chi connectivity index (χ1) is 6.86. The number of hydrogen-bond acceptors (Lipinski definition) is 0. The summed E-state index contributed by atoms with van der Waals surface area (Å²) in [5, 5.41) is 0. The highest BCUT2D eigenvalue weighted by Crippen LogP contribution is 2.28. The van der Waals surface area contributed by atoms with Crippen molar-refractivity contribution in [3.8, 4) is 0 Å². The first-order valence-electron chi connectivity index (χ1n) is 5.95. The van der Waals surface area contributed by atoms with E-state index < -0.39 is 0 Å². The summed E-state index contributed by atoms with van der Waals surface area (Å²) in [6.07, 6.45) is 14.6. The molecule has 0 atom stereocenters. The van der Waals surface area contributed by atoms with Crippen LogP contribution in [0.4, 0.5) is 0 Å². The molecule has 2 rings (SSSR count). The van der Waals surface area contributed by atoms with Gasteiger partial charge < -0.3 is 0 Å². The molecule has 0 aromatic heterocycles. The van der Waals surface area contributed by atoms with E-state index in [4.69, 9.17) is 0 Å². The maximum Gasteiger partial charge on any atom is -0.00754 e. The molecule has 78 valence electrons. The molecule has 0 aromatic rings. The standard InChI is InChI=1S/C12H16.C2H6/c1-10-6-8-11-4-2-3-5-12(11)9-7-10;1-2/h6-10H,2-5H2,1H3;1-2H3. The van der Waals surface area contributed by atoms with Crippen molar-refractivity contribution in [1.29, 1.82) is 0 Å². The lowest BCUT2D eigenvalue weighted by molar-refractivity contribution is 0.694. The van der Waals surface area contributed by atoms with Crippen LogP contribution in [0, 0.1) is 5.92 Å². The van der Waals surface area contributed by atoms with Crippen LogP contribution in [0.2, 0.25) is 0 Å². The average molecular weight is 190 g/mol. The lowest BCUT2D eigenvalue weighted by Crippen LogP contribution is -1.94. The second-order valence-corrected chi connectivity index (χ2v) is 3.83. The SMILES string of the molecule is CC.CC1C=CC2=C(C=C1)CCCC2. The maximum absolute atomic E-state index is 2.33. The van der Waals surface area contributed by atoms with E-state index in [1.54, 1.807) is 11.1 Å². The molecule has 0 spiro atoms. The van der Waals surface area contributed by atoms with Gasteiger partial charge in [-0.05, 0) is 42.7 Å². The number of rotatable bonds is 0. The molecule has 0 bridgehead atoms. The van der Waals surface area contributed by atoms with Crippen molar-refractivity contribution in [3.63, 3.8) is 0 Å². The summed E-state index contributed by atoms with van der Waals surface area (Å²) in [7, 11) is 0. The Morgan fingerprint density at radius 1 is 0.929 bits per heavy atom. The van der Waals surface area contributed by atoms with Crippen LogP contribution >= 0.6 is 0 Å². The predicted molar refractivity (Wildman–Crippen MR) is 64.3 cm³/mol. The van der Waals surface area contributed by atoms with Gasteiger partial charge in [0.1, 0.15) is 0 Å². The highest BCUT2D eigenvalue weighted by molar-refractivity contribution is 5.37. The molecule has 0 N–H and O–H groups in total. The maximum atomic E-state index is 2.33. The minimum absolute atomic E-state index is 0.621. The minimum Gasteiger partial charge on any atom is -0.0776 e. The number of hydrogen-bond donors (Lipinski definition) is 0. The van der Waals surface area contributed by atoms with E-state index in [0.29, 0.717) is 5.92 Å². The molecule has 0 heteroatoms. The van der Waals surface area contributed by atoms with Crippen molar-refractivity contribution >= 4 is 0 Å². The molecule has 0 radical (unpaired) electrons. The lowest BCUT2D eigenvalue weighted by atomic mass is 9.92. The molecule has 0 heterocycles. The molecule has 0 aromatic carbocycles. The first kappa shape index (κ1) is 11.3. The van der Waals surface area contributed by atoms with Gasteiger partial charge in [-0.25, -0.2) is 0 Å². The first-order valence-corrected chi connectivity index (χ1v) is 5.95. The Morgan fingerprint density at radius 2 is 1.36 bits per heavy atom. The molecular weight excluding hydrogens is 168 g/mol. The average Bonchev–Trinajstić information content (AvgIpc) is 2.45. The summed E-state index contributed by atoms with van der Waals surface area (Å²) >= 11 is 0. The van der Waals surface area contributed by atoms with Gasteiger partial charge in [0.15, 0.2) is 0 Å². The molecule has 0 amide bonds. The summed E-state index contributed by atoms with van der Waals surface area (Å²) in [6, 6.07) is 0. The van der Waals surface area contributed by atoms with E-state index in [0.717, 1.165) is 0 Å². The van der Waals surface area contributed by atoms with Gasteiger partial charge >= 0.3 is 0 Å². The third kappa shape index (κ3) is 2.87. The van der Waals surface area contributed by atoms with E-state index in [1.807, 2.05) is 13.8 Å². The minimum atomic E-state index is 0.621. The Kier molecular flexibility index (Phi) is 4.72. The molecule has 0 unspecified atom stereocenters. The van der Waals surface area contributed by atoms with E-state index >= 15 is 0 Å². The molecule has 0 saturated heterocycles. The molecular formula is C14H22. The fourth-order valence-electron chi connectivity index (χ4n) is 1.93. The zero-order valence-corrected chi connectivity index (χ0v) is 9.72. The van der Waals surface area contributed by atoms with Crippen LogP contribution in [0.25, 0.3) is 0 Å². The monoisotopic (exact) mass is 190 g/mol. The fraction of sp³-hybridized carbons (Fsp3) is 0.571. The van der Waals surface area contributed by atoms with Gasteiger partial charge in [-0.1, -0.05) is 45.1 Å². The largest absolute Gasteiger partial charge is 0.0776 e. The van der Waals surface area contributed by atoms with Crippen LogP contribution in [0.3, 0.4) is 0 Å². The molecule has 14 heavy (non-hydrogen) atoms. The van der Waals surface area contributed by atoms with E-state index in [9.17, 15) is 0 Å². The highest BCUT2D eigenvalue weighted by Gasteiger charge is 2.10. The van der Waals surface area contributed by atoms with Crippen molar-refractivity contribution in [1.82, 2.24) is 0 Å². The second kappa shape index (κ2) is 5.85. The van der Waals surface area contributed by atoms with Gasteiger partial charge in [-0.3, -0.25) is 0 Å². The van der Waals surface area contributed by atoms with Crippen molar-refractivity contribution in [2.45, 2.75) is 46.5 Å². The van der Waals surface area contributed by atoms with Crippen molar-refractivity contribution in [2.75, 3.05) is 0 Å². The van der Waals surface area contributed by atoms with Crippen molar-refractivity contribution in [2.24, 2.45) is 5.92 Å². The molecule has 2 aliphatic rings. The summed E-state index contributed by atoms with van der Waals surface area (Å²) in [5.41, 5.74) is 3.17. The van der Waals surface area contributed by atoms with Crippen LogP contribution in [-0.4, -0.2) is 0 Å². The Hall–Kier alpha value is -0.780. The van der Waals surface area contributed by atoms with Crippen LogP contribution < -0.4 is 0 Å². The molecule has 0 nitrogen and oxygen atoms in total. The van der Waals surface area contributed by atoms with Crippen LogP contribution in [0.15, 0.2) is 35.5 Å². The summed E-state index contributed by atoms with van der Waals surface area (Å²) in [6.45, 7) is 6.24.